The standard InChI is InChI=1S/C14H26O4Si2/c1-15-19(3,4)17-11-13-7-9-14(10-8-13)12-18-20(5,6)16-2/h7-10H,11-12H2,1-6H3. The summed E-state index contributed by atoms with van der Waals surface area (Å²) >= 11 is 0. The van der Waals surface area contributed by atoms with Crippen molar-refractivity contribution in [2.75, 3.05) is 14.2 Å². The monoisotopic (exact) mass is 314 g/mol. The van der Waals surface area contributed by atoms with Crippen LogP contribution in [0.4, 0.5) is 0 Å². The predicted octanol–water partition coefficient (Wildman–Crippen LogP) is 3.42. The fourth-order valence-corrected chi connectivity index (χ4v) is 2.63. The van der Waals surface area contributed by atoms with E-state index in [4.69, 9.17) is 17.7 Å². The van der Waals surface area contributed by atoms with Crippen LogP contribution in [0.15, 0.2) is 24.3 Å². The van der Waals surface area contributed by atoms with Crippen molar-refractivity contribution in [2.24, 2.45) is 0 Å². The van der Waals surface area contributed by atoms with Gasteiger partial charge in [0.15, 0.2) is 0 Å². The fourth-order valence-electron chi connectivity index (χ4n) is 1.36. The lowest BCUT2D eigenvalue weighted by atomic mass is 10.1. The van der Waals surface area contributed by atoms with Gasteiger partial charge in [0, 0.05) is 14.2 Å². The Hall–Kier alpha value is -0.506. The van der Waals surface area contributed by atoms with Crippen molar-refractivity contribution in [3.05, 3.63) is 35.4 Å². The van der Waals surface area contributed by atoms with E-state index in [-0.39, 0.29) is 0 Å². The zero-order valence-electron chi connectivity index (χ0n) is 13.4. The Morgan fingerprint density at radius 1 is 0.700 bits per heavy atom. The maximum Gasteiger partial charge on any atom is 0.331 e. The van der Waals surface area contributed by atoms with E-state index in [1.54, 1.807) is 14.2 Å². The Morgan fingerprint density at radius 3 is 1.25 bits per heavy atom. The van der Waals surface area contributed by atoms with E-state index in [0.717, 1.165) is 11.1 Å². The average molecular weight is 315 g/mol. The lowest BCUT2D eigenvalue weighted by Crippen LogP contribution is -2.33. The van der Waals surface area contributed by atoms with Gasteiger partial charge in [0.1, 0.15) is 0 Å². The molecule has 0 saturated heterocycles. The lowest BCUT2D eigenvalue weighted by Gasteiger charge is -2.21. The van der Waals surface area contributed by atoms with Crippen LogP contribution in [0.5, 0.6) is 0 Å². The molecule has 0 N–H and O–H groups in total. The molecule has 0 spiro atoms. The molecular formula is C14H26O4Si2. The lowest BCUT2D eigenvalue weighted by molar-refractivity contribution is 0.200. The molecule has 0 atom stereocenters. The van der Waals surface area contributed by atoms with Crippen molar-refractivity contribution in [2.45, 2.75) is 39.4 Å². The molecule has 20 heavy (non-hydrogen) atoms. The van der Waals surface area contributed by atoms with Gasteiger partial charge in [-0.3, -0.25) is 0 Å². The van der Waals surface area contributed by atoms with E-state index in [0.29, 0.717) is 13.2 Å². The molecule has 0 heterocycles. The summed E-state index contributed by atoms with van der Waals surface area (Å²) in [6, 6.07) is 8.28. The molecule has 0 bridgehead atoms. The molecule has 114 valence electrons. The molecule has 0 fully saturated rings. The molecule has 1 rings (SSSR count). The zero-order valence-corrected chi connectivity index (χ0v) is 15.4. The van der Waals surface area contributed by atoms with Crippen LogP contribution >= 0.6 is 0 Å². The van der Waals surface area contributed by atoms with Gasteiger partial charge in [-0.15, -0.1) is 0 Å². The smallest absolute Gasteiger partial charge is 0.331 e. The number of benzene rings is 1. The normalized spacial score (nSPS) is 12.7. The van der Waals surface area contributed by atoms with Gasteiger partial charge in [0.05, 0.1) is 13.2 Å². The zero-order chi connectivity index (χ0) is 15.2. The van der Waals surface area contributed by atoms with Gasteiger partial charge >= 0.3 is 17.1 Å². The van der Waals surface area contributed by atoms with Crippen LogP contribution in [-0.2, 0) is 30.9 Å². The first-order valence-electron chi connectivity index (χ1n) is 6.74. The van der Waals surface area contributed by atoms with Crippen LogP contribution in [0.1, 0.15) is 11.1 Å². The Balaban J connectivity index is 2.48. The topological polar surface area (TPSA) is 36.9 Å². The predicted molar refractivity (Wildman–Crippen MR) is 85.0 cm³/mol. The van der Waals surface area contributed by atoms with E-state index < -0.39 is 17.1 Å². The maximum absolute atomic E-state index is 5.81. The summed E-state index contributed by atoms with van der Waals surface area (Å²) in [5.41, 5.74) is 2.30. The fraction of sp³-hybridized carbons (Fsp3) is 0.571. The van der Waals surface area contributed by atoms with E-state index >= 15 is 0 Å². The molecule has 0 aliphatic rings. The van der Waals surface area contributed by atoms with Crippen molar-refractivity contribution < 1.29 is 17.7 Å². The quantitative estimate of drug-likeness (QED) is 0.689. The summed E-state index contributed by atoms with van der Waals surface area (Å²) in [5, 5.41) is 0. The molecule has 0 radical (unpaired) electrons. The maximum atomic E-state index is 5.81. The van der Waals surface area contributed by atoms with Gasteiger partial charge in [0.2, 0.25) is 0 Å². The summed E-state index contributed by atoms with van der Waals surface area (Å²) < 4.78 is 22.3. The summed E-state index contributed by atoms with van der Waals surface area (Å²) in [6.07, 6.45) is 0. The van der Waals surface area contributed by atoms with Crippen LogP contribution in [0, 0.1) is 0 Å². The van der Waals surface area contributed by atoms with E-state index in [9.17, 15) is 0 Å². The molecule has 1 aromatic carbocycles. The third-order valence-electron chi connectivity index (χ3n) is 3.18. The highest BCUT2D eigenvalue weighted by molar-refractivity contribution is 6.64. The Labute approximate surface area is 124 Å². The SMILES string of the molecule is CO[Si](C)(C)OCc1ccc(CO[Si](C)(C)OC)cc1. The van der Waals surface area contributed by atoms with Crippen molar-refractivity contribution in [1.29, 1.82) is 0 Å². The second kappa shape index (κ2) is 7.49. The molecule has 4 nitrogen and oxygen atoms in total. The van der Waals surface area contributed by atoms with Crippen molar-refractivity contribution >= 4 is 17.1 Å². The van der Waals surface area contributed by atoms with E-state index in [2.05, 4.69) is 24.3 Å². The number of hydrogen-bond acceptors (Lipinski definition) is 4. The van der Waals surface area contributed by atoms with Gasteiger partial charge in [-0.25, -0.2) is 0 Å². The highest BCUT2D eigenvalue weighted by Crippen LogP contribution is 2.13. The van der Waals surface area contributed by atoms with Crippen molar-refractivity contribution in [1.82, 2.24) is 0 Å². The first kappa shape index (κ1) is 17.5. The third-order valence-corrected chi connectivity index (χ3v) is 6.82. The molecule has 0 saturated carbocycles. The minimum atomic E-state index is -1.95. The molecule has 0 aromatic heterocycles. The van der Waals surface area contributed by atoms with Crippen LogP contribution in [0.25, 0.3) is 0 Å². The molecule has 0 unspecified atom stereocenters. The summed E-state index contributed by atoms with van der Waals surface area (Å²) in [6.45, 7) is 9.32. The highest BCUT2D eigenvalue weighted by Gasteiger charge is 2.23. The average Bonchev–Trinajstić information content (AvgIpc) is 2.44. The van der Waals surface area contributed by atoms with Crippen LogP contribution in [0.3, 0.4) is 0 Å². The van der Waals surface area contributed by atoms with Crippen LogP contribution in [0.2, 0.25) is 26.2 Å². The van der Waals surface area contributed by atoms with Gasteiger partial charge in [-0.05, 0) is 37.3 Å². The molecular weight excluding hydrogens is 288 g/mol. The molecule has 0 amide bonds. The number of rotatable bonds is 8. The Morgan fingerprint density at radius 2 is 1.00 bits per heavy atom. The molecule has 0 aliphatic carbocycles. The van der Waals surface area contributed by atoms with Gasteiger partial charge in [-0.2, -0.15) is 0 Å². The van der Waals surface area contributed by atoms with Crippen LogP contribution in [-0.4, -0.2) is 31.3 Å². The van der Waals surface area contributed by atoms with Gasteiger partial charge in [-0.1, -0.05) is 24.3 Å². The van der Waals surface area contributed by atoms with Gasteiger partial charge < -0.3 is 17.7 Å². The molecule has 6 heteroatoms. The second-order valence-corrected chi connectivity index (χ2v) is 12.6. The Kier molecular flexibility index (Phi) is 6.57. The second-order valence-electron chi connectivity index (χ2n) is 5.60. The van der Waals surface area contributed by atoms with E-state index in [1.165, 1.54) is 0 Å². The number of hydrogen-bond donors (Lipinski definition) is 0. The molecule has 0 aliphatic heterocycles. The largest absolute Gasteiger partial charge is 0.398 e. The first-order chi connectivity index (χ1) is 9.28. The van der Waals surface area contributed by atoms with Crippen LogP contribution < -0.4 is 0 Å². The Bertz CT molecular complexity index is 365. The third kappa shape index (κ3) is 6.30. The minimum absolute atomic E-state index is 0.590. The highest BCUT2D eigenvalue weighted by atomic mass is 28.4. The summed E-state index contributed by atoms with van der Waals surface area (Å²) in [4.78, 5) is 0. The first-order valence-corrected chi connectivity index (χ1v) is 12.4. The van der Waals surface area contributed by atoms with Crippen molar-refractivity contribution in [3.63, 3.8) is 0 Å². The minimum Gasteiger partial charge on any atom is -0.398 e. The van der Waals surface area contributed by atoms with Crippen molar-refractivity contribution in [3.8, 4) is 0 Å². The summed E-state index contributed by atoms with van der Waals surface area (Å²) in [5.74, 6) is 0. The molecule has 1 aromatic rings. The van der Waals surface area contributed by atoms with Gasteiger partial charge in [0.25, 0.3) is 0 Å². The van der Waals surface area contributed by atoms with E-state index in [1.807, 2.05) is 26.2 Å². The summed E-state index contributed by atoms with van der Waals surface area (Å²) in [7, 11) is -0.504.